The fourth-order valence-electron chi connectivity index (χ4n) is 4.08. The predicted molar refractivity (Wildman–Crippen MR) is 149 cm³/mol. The minimum absolute atomic E-state index is 0.0802. The number of hydrogen-bond donors (Lipinski definition) is 0. The van der Waals surface area contributed by atoms with Gasteiger partial charge in [0.25, 0.3) is 5.56 Å². The molecule has 8 nitrogen and oxygen atoms in total. The first-order valence-corrected chi connectivity index (χ1v) is 12.5. The molecule has 0 spiro atoms. The zero-order valence-corrected chi connectivity index (χ0v) is 22.2. The molecule has 1 atom stereocenters. The Morgan fingerprint density at radius 3 is 2.61 bits per heavy atom. The number of methoxy groups -OCH3 is 2. The molecule has 0 saturated carbocycles. The molecule has 0 unspecified atom stereocenters. The summed E-state index contributed by atoms with van der Waals surface area (Å²) in [4.78, 5) is 18.4. The number of para-hydroxylation sites is 1. The number of furan rings is 1. The summed E-state index contributed by atoms with van der Waals surface area (Å²) in [6.45, 7) is 3.98. The van der Waals surface area contributed by atoms with E-state index in [0.717, 1.165) is 11.8 Å². The number of benzene rings is 3. The molecule has 0 aliphatic carbocycles. The summed E-state index contributed by atoms with van der Waals surface area (Å²) in [5.74, 6) is 2.19. The van der Waals surface area contributed by atoms with E-state index in [9.17, 15) is 4.79 Å². The number of fused-ring (bicyclic) bond motifs is 2. The van der Waals surface area contributed by atoms with Crippen LogP contribution < -0.4 is 19.8 Å². The van der Waals surface area contributed by atoms with Gasteiger partial charge >= 0.3 is 0 Å². The predicted octanol–water partition coefficient (Wildman–Crippen LogP) is 6.54. The highest BCUT2D eigenvalue weighted by atomic mass is 35.5. The minimum Gasteiger partial charge on any atom is -0.496 e. The van der Waals surface area contributed by atoms with Crippen molar-refractivity contribution in [2.75, 3.05) is 14.2 Å². The lowest BCUT2D eigenvalue weighted by Gasteiger charge is -2.18. The van der Waals surface area contributed by atoms with Crippen molar-refractivity contribution in [2.24, 2.45) is 5.10 Å². The van der Waals surface area contributed by atoms with Gasteiger partial charge in [-0.2, -0.15) is 9.78 Å². The molecule has 38 heavy (non-hydrogen) atoms. The van der Waals surface area contributed by atoms with Crippen LogP contribution >= 0.6 is 11.6 Å². The monoisotopic (exact) mass is 531 g/mol. The highest BCUT2D eigenvalue weighted by Gasteiger charge is 2.19. The number of rotatable bonds is 8. The van der Waals surface area contributed by atoms with Gasteiger partial charge in [-0.25, -0.2) is 4.98 Å². The summed E-state index contributed by atoms with van der Waals surface area (Å²) in [6, 6.07) is 17.8. The molecule has 2 heterocycles. The van der Waals surface area contributed by atoms with Gasteiger partial charge in [0.15, 0.2) is 17.3 Å². The molecule has 0 fully saturated rings. The third-order valence-electron chi connectivity index (χ3n) is 6.19. The zero-order valence-electron chi connectivity index (χ0n) is 21.4. The maximum absolute atomic E-state index is 13.6. The van der Waals surface area contributed by atoms with E-state index in [4.69, 9.17) is 35.2 Å². The van der Waals surface area contributed by atoms with E-state index in [1.807, 2.05) is 38.1 Å². The molecular formula is C29H26ClN3O5. The van der Waals surface area contributed by atoms with Crippen LogP contribution in [0.1, 0.15) is 25.8 Å². The molecule has 0 bridgehead atoms. The lowest BCUT2D eigenvalue weighted by atomic mass is 10.2. The van der Waals surface area contributed by atoms with Gasteiger partial charge < -0.3 is 18.6 Å². The van der Waals surface area contributed by atoms with E-state index < -0.39 is 0 Å². The molecule has 2 aromatic heterocycles. The number of nitrogens with zero attached hydrogens (tertiary/aromatic N) is 3. The molecule has 9 heteroatoms. The second-order valence-electron chi connectivity index (χ2n) is 8.66. The van der Waals surface area contributed by atoms with Gasteiger partial charge in [-0.15, -0.1) is 0 Å². The smallest absolute Gasteiger partial charge is 0.282 e. The molecule has 0 saturated heterocycles. The highest BCUT2D eigenvalue weighted by Crippen LogP contribution is 2.36. The molecular weight excluding hydrogens is 506 g/mol. The first-order chi connectivity index (χ1) is 18.4. The van der Waals surface area contributed by atoms with Crippen LogP contribution in [0.5, 0.6) is 17.2 Å². The van der Waals surface area contributed by atoms with Crippen molar-refractivity contribution in [2.45, 2.75) is 26.4 Å². The van der Waals surface area contributed by atoms with E-state index in [2.05, 4.69) is 5.10 Å². The molecule has 0 aliphatic rings. The van der Waals surface area contributed by atoms with Crippen LogP contribution in [0.25, 0.3) is 33.5 Å². The SMILES string of the molecule is CC[C@@H](C)Oc1c(C=Nn2c(-c3cc4c(OC)cccc4o3)nc3ccccc3c2=O)cc(Cl)cc1OC. The highest BCUT2D eigenvalue weighted by molar-refractivity contribution is 6.31. The zero-order chi connectivity index (χ0) is 26.8. The lowest BCUT2D eigenvalue weighted by molar-refractivity contribution is 0.207. The fourth-order valence-corrected chi connectivity index (χ4v) is 4.30. The molecule has 194 valence electrons. The van der Waals surface area contributed by atoms with E-state index in [-0.39, 0.29) is 17.5 Å². The summed E-state index contributed by atoms with van der Waals surface area (Å²) >= 11 is 6.36. The summed E-state index contributed by atoms with van der Waals surface area (Å²) in [6.07, 6.45) is 2.22. The minimum atomic E-state index is -0.354. The van der Waals surface area contributed by atoms with Crippen molar-refractivity contribution in [1.29, 1.82) is 0 Å². The van der Waals surface area contributed by atoms with E-state index in [0.29, 0.717) is 50.1 Å². The fraction of sp³-hybridized carbons (Fsp3) is 0.207. The average Bonchev–Trinajstić information content (AvgIpc) is 3.37. The number of hydrogen-bond acceptors (Lipinski definition) is 7. The Bertz CT molecular complexity index is 1720. The molecule has 5 rings (SSSR count). The van der Waals surface area contributed by atoms with Crippen LogP contribution in [0.2, 0.25) is 5.02 Å². The first kappa shape index (κ1) is 25.4. The van der Waals surface area contributed by atoms with Crippen molar-refractivity contribution >= 4 is 39.7 Å². The van der Waals surface area contributed by atoms with Crippen LogP contribution in [0.15, 0.2) is 75.0 Å². The number of halogens is 1. The summed E-state index contributed by atoms with van der Waals surface area (Å²) < 4.78 is 24.4. The lowest BCUT2D eigenvalue weighted by Crippen LogP contribution is -2.20. The maximum Gasteiger partial charge on any atom is 0.282 e. The Balaban J connectivity index is 1.72. The van der Waals surface area contributed by atoms with Crippen LogP contribution in [-0.2, 0) is 0 Å². The topological polar surface area (TPSA) is 88.1 Å². The Morgan fingerprint density at radius 2 is 1.84 bits per heavy atom. The molecule has 3 aromatic carbocycles. The van der Waals surface area contributed by atoms with Gasteiger partial charge in [0, 0.05) is 16.7 Å². The Labute approximate surface area is 224 Å². The second-order valence-corrected chi connectivity index (χ2v) is 9.10. The molecule has 5 aromatic rings. The van der Waals surface area contributed by atoms with Crippen LogP contribution in [-0.4, -0.2) is 36.2 Å². The van der Waals surface area contributed by atoms with Gasteiger partial charge in [-0.05, 0) is 49.7 Å². The quantitative estimate of drug-likeness (QED) is 0.211. The van der Waals surface area contributed by atoms with Gasteiger partial charge in [-0.1, -0.05) is 36.7 Å². The first-order valence-electron chi connectivity index (χ1n) is 12.1. The summed E-state index contributed by atoms with van der Waals surface area (Å²) in [5.41, 5.74) is 1.32. The standard InChI is InChI=1S/C29H26ClN3O5/c1-5-17(2)37-27-18(13-19(30)14-25(27)36-4)16-31-33-28(32-22-10-7-6-9-20(22)29(33)34)26-15-21-23(35-3)11-8-12-24(21)38-26/h6-17H,5H2,1-4H3/t17-/m1/s1. The second kappa shape index (κ2) is 10.6. The van der Waals surface area contributed by atoms with E-state index >= 15 is 0 Å². The third-order valence-corrected chi connectivity index (χ3v) is 6.41. The van der Waals surface area contributed by atoms with Gasteiger partial charge in [-0.3, -0.25) is 4.79 Å². The molecule has 0 aliphatic heterocycles. The van der Waals surface area contributed by atoms with Crippen molar-refractivity contribution in [1.82, 2.24) is 9.66 Å². The van der Waals surface area contributed by atoms with Crippen LogP contribution in [0.4, 0.5) is 0 Å². The molecule has 0 N–H and O–H groups in total. The molecule has 0 amide bonds. The van der Waals surface area contributed by atoms with E-state index in [1.54, 1.807) is 50.6 Å². The van der Waals surface area contributed by atoms with Crippen LogP contribution in [0, 0.1) is 0 Å². The van der Waals surface area contributed by atoms with Crippen molar-refractivity contribution < 1.29 is 18.6 Å². The van der Waals surface area contributed by atoms with E-state index in [1.165, 1.54) is 10.9 Å². The largest absolute Gasteiger partial charge is 0.496 e. The van der Waals surface area contributed by atoms with Gasteiger partial charge in [0.2, 0.25) is 5.82 Å². The Kier molecular flexibility index (Phi) is 7.07. The van der Waals surface area contributed by atoms with Gasteiger partial charge in [0.05, 0.1) is 42.8 Å². The normalized spacial score (nSPS) is 12.3. The molecule has 0 radical (unpaired) electrons. The van der Waals surface area contributed by atoms with Gasteiger partial charge in [0.1, 0.15) is 11.3 Å². The van der Waals surface area contributed by atoms with Crippen molar-refractivity contribution in [3.63, 3.8) is 0 Å². The maximum atomic E-state index is 13.6. The van der Waals surface area contributed by atoms with Crippen LogP contribution in [0.3, 0.4) is 0 Å². The third kappa shape index (κ3) is 4.70. The van der Waals surface area contributed by atoms with Crippen molar-refractivity contribution in [3.8, 4) is 28.8 Å². The Hall–Kier alpha value is -4.30. The average molecular weight is 532 g/mol. The number of ether oxygens (including phenoxy) is 3. The Morgan fingerprint density at radius 1 is 1.05 bits per heavy atom. The summed E-state index contributed by atoms with van der Waals surface area (Å²) in [7, 11) is 3.13. The number of aromatic nitrogens is 2. The summed E-state index contributed by atoms with van der Waals surface area (Å²) in [5, 5.41) is 6.17. The van der Waals surface area contributed by atoms with Crippen molar-refractivity contribution in [3.05, 3.63) is 81.6 Å².